The fraction of sp³-hybridized carbons (Fsp3) is 0.190. The lowest BCUT2D eigenvalue weighted by atomic mass is 10.2. The molecule has 0 fully saturated rings. The van der Waals surface area contributed by atoms with Gasteiger partial charge in [-0.25, -0.2) is 13.2 Å². The van der Waals surface area contributed by atoms with Crippen molar-refractivity contribution >= 4 is 33.4 Å². The average molecular weight is 457 g/mol. The molecule has 1 amide bonds. The van der Waals surface area contributed by atoms with Crippen molar-refractivity contribution in [3.8, 4) is 5.75 Å². The maximum atomic E-state index is 13.3. The molecule has 0 spiro atoms. The molecule has 0 unspecified atom stereocenters. The van der Waals surface area contributed by atoms with Crippen LogP contribution in [0.1, 0.15) is 15.9 Å². The predicted molar refractivity (Wildman–Crippen MR) is 113 cm³/mol. The summed E-state index contributed by atoms with van der Waals surface area (Å²) in [5, 5.41) is 5.91. The summed E-state index contributed by atoms with van der Waals surface area (Å²) in [6.45, 7) is -0.305. The summed E-state index contributed by atoms with van der Waals surface area (Å²) >= 11 is 0. The predicted octanol–water partition coefficient (Wildman–Crippen LogP) is 2.23. The number of hydrogen-bond acceptors (Lipinski definition) is 8. The number of anilines is 2. The van der Waals surface area contributed by atoms with Crippen LogP contribution >= 0.6 is 0 Å². The van der Waals surface area contributed by atoms with Gasteiger partial charge in [0, 0.05) is 12.6 Å². The molecule has 11 heteroatoms. The summed E-state index contributed by atoms with van der Waals surface area (Å²) in [7, 11) is -2.59. The van der Waals surface area contributed by atoms with Crippen molar-refractivity contribution in [1.29, 1.82) is 0 Å². The number of methoxy groups -OCH3 is 1. The molecule has 0 saturated heterocycles. The molecule has 0 bridgehead atoms. The van der Waals surface area contributed by atoms with E-state index in [1.165, 1.54) is 41.9 Å². The van der Waals surface area contributed by atoms with Gasteiger partial charge in [-0.15, -0.1) is 0 Å². The van der Waals surface area contributed by atoms with E-state index in [4.69, 9.17) is 9.47 Å². The number of aromatic nitrogens is 1. The third-order valence-corrected chi connectivity index (χ3v) is 6.67. The molecule has 0 radical (unpaired) electrons. The zero-order chi connectivity index (χ0) is 22.7. The second kappa shape index (κ2) is 8.71. The zero-order valence-corrected chi connectivity index (χ0v) is 17.8. The number of nitrogens with zero attached hydrogens (tertiary/aromatic N) is 2. The first-order valence-electron chi connectivity index (χ1n) is 9.56. The van der Waals surface area contributed by atoms with Gasteiger partial charge in [-0.3, -0.25) is 9.10 Å². The molecule has 10 nitrogen and oxygen atoms in total. The molecule has 0 aliphatic carbocycles. The van der Waals surface area contributed by atoms with E-state index in [9.17, 15) is 18.0 Å². The van der Waals surface area contributed by atoms with Crippen molar-refractivity contribution in [3.05, 3.63) is 65.9 Å². The van der Waals surface area contributed by atoms with Crippen LogP contribution in [0.15, 0.2) is 64.2 Å². The van der Waals surface area contributed by atoms with E-state index >= 15 is 0 Å². The third kappa shape index (κ3) is 4.14. The number of nitrogens with one attached hydrogen (secondary N) is 1. The van der Waals surface area contributed by atoms with E-state index in [1.807, 2.05) is 12.1 Å². The molecule has 1 N–H and O–H groups in total. The highest BCUT2D eigenvalue weighted by molar-refractivity contribution is 7.92. The van der Waals surface area contributed by atoms with Crippen molar-refractivity contribution in [2.75, 3.05) is 29.9 Å². The maximum Gasteiger partial charge on any atom is 0.342 e. The summed E-state index contributed by atoms with van der Waals surface area (Å²) in [6, 6.07) is 12.6. The van der Waals surface area contributed by atoms with Gasteiger partial charge < -0.3 is 19.3 Å². The number of amides is 1. The van der Waals surface area contributed by atoms with Crippen molar-refractivity contribution < 1.29 is 32.0 Å². The second-order valence-corrected chi connectivity index (χ2v) is 8.69. The van der Waals surface area contributed by atoms with Gasteiger partial charge in [0.15, 0.2) is 12.4 Å². The first kappa shape index (κ1) is 21.4. The molecule has 1 aliphatic rings. The first-order chi connectivity index (χ1) is 15.4. The lowest BCUT2D eigenvalue weighted by molar-refractivity contribution is -0.119. The van der Waals surface area contributed by atoms with Crippen LogP contribution in [0.3, 0.4) is 0 Å². The second-order valence-electron chi connectivity index (χ2n) is 6.83. The van der Waals surface area contributed by atoms with Crippen LogP contribution in [0.5, 0.6) is 5.75 Å². The summed E-state index contributed by atoms with van der Waals surface area (Å²) in [5.41, 5.74) is 1.43. The molecule has 0 saturated carbocycles. The highest BCUT2D eigenvalue weighted by Gasteiger charge is 2.31. The molecular formula is C21H19N3O7S. The van der Waals surface area contributed by atoms with Gasteiger partial charge in [0.2, 0.25) is 0 Å². The molecule has 2 heterocycles. The van der Waals surface area contributed by atoms with E-state index in [0.717, 1.165) is 5.56 Å². The lowest BCUT2D eigenvalue weighted by Gasteiger charge is -2.20. The Morgan fingerprint density at radius 3 is 2.75 bits per heavy atom. The summed E-state index contributed by atoms with van der Waals surface area (Å²) in [5.74, 6) is -1.25. The quantitative estimate of drug-likeness (QED) is 0.535. The Morgan fingerprint density at radius 2 is 2.00 bits per heavy atom. The SMILES string of the molecule is COc1ccc(S(=O)(=O)N2CCc3ccccc32)cc1C(=O)OCC(=O)Nc1ccon1. The highest BCUT2D eigenvalue weighted by atomic mass is 32.2. The molecule has 4 rings (SSSR count). The molecule has 32 heavy (non-hydrogen) atoms. The van der Waals surface area contributed by atoms with Gasteiger partial charge >= 0.3 is 5.97 Å². The van der Waals surface area contributed by atoms with Crippen LogP contribution in [-0.4, -0.2) is 45.7 Å². The van der Waals surface area contributed by atoms with Gasteiger partial charge in [-0.1, -0.05) is 23.4 Å². The molecule has 166 valence electrons. The first-order valence-corrected chi connectivity index (χ1v) is 11.0. The van der Waals surface area contributed by atoms with Crippen LogP contribution in [0.25, 0.3) is 0 Å². The van der Waals surface area contributed by atoms with E-state index in [2.05, 4.69) is 15.0 Å². The Hall–Kier alpha value is -3.86. The zero-order valence-electron chi connectivity index (χ0n) is 17.0. The van der Waals surface area contributed by atoms with E-state index in [-0.39, 0.29) is 22.0 Å². The number of para-hydroxylation sites is 1. The number of hydrogen-bond donors (Lipinski definition) is 1. The number of benzene rings is 2. The smallest absolute Gasteiger partial charge is 0.342 e. The monoisotopic (exact) mass is 457 g/mol. The van der Waals surface area contributed by atoms with Crippen molar-refractivity contribution in [2.24, 2.45) is 0 Å². The minimum Gasteiger partial charge on any atom is -0.496 e. The fourth-order valence-electron chi connectivity index (χ4n) is 3.36. The van der Waals surface area contributed by atoms with Crippen LogP contribution < -0.4 is 14.4 Å². The van der Waals surface area contributed by atoms with Crippen molar-refractivity contribution in [1.82, 2.24) is 5.16 Å². The number of fused-ring (bicyclic) bond motifs is 1. The van der Waals surface area contributed by atoms with Gasteiger partial charge in [-0.05, 0) is 36.2 Å². The molecule has 1 aliphatic heterocycles. The van der Waals surface area contributed by atoms with E-state index in [1.54, 1.807) is 12.1 Å². The minimum absolute atomic E-state index is 0.0889. The molecule has 2 aromatic carbocycles. The van der Waals surface area contributed by atoms with Gasteiger partial charge in [0.1, 0.15) is 17.6 Å². The van der Waals surface area contributed by atoms with Crippen LogP contribution in [0.2, 0.25) is 0 Å². The standard InChI is InChI=1S/C21H19N3O7S/c1-29-18-7-6-15(32(27,28)24-10-8-14-4-2-3-5-17(14)24)12-16(18)21(26)30-13-20(25)22-19-9-11-31-23-19/h2-7,9,11-12H,8,10,13H2,1H3,(H,22,23,25). The highest BCUT2D eigenvalue weighted by Crippen LogP contribution is 2.34. The van der Waals surface area contributed by atoms with Crippen molar-refractivity contribution in [2.45, 2.75) is 11.3 Å². The maximum absolute atomic E-state index is 13.3. The average Bonchev–Trinajstić information content (AvgIpc) is 3.47. The fourth-order valence-corrected chi connectivity index (χ4v) is 4.89. The molecular weight excluding hydrogens is 438 g/mol. The molecule has 1 aromatic heterocycles. The van der Waals surface area contributed by atoms with Crippen LogP contribution in [0, 0.1) is 0 Å². The van der Waals surface area contributed by atoms with Crippen LogP contribution in [0.4, 0.5) is 11.5 Å². The Kier molecular flexibility index (Phi) is 5.82. The Bertz CT molecular complexity index is 1260. The topological polar surface area (TPSA) is 128 Å². The Labute approximate surface area is 183 Å². The summed E-state index contributed by atoms with van der Waals surface area (Å²) in [6.07, 6.45) is 1.87. The summed E-state index contributed by atoms with van der Waals surface area (Å²) < 4.78 is 42.7. The number of sulfonamides is 1. The minimum atomic E-state index is -3.93. The lowest BCUT2D eigenvalue weighted by Crippen LogP contribution is -2.29. The molecule has 3 aromatic rings. The number of carbonyl (C=O) groups is 2. The molecule has 0 atom stereocenters. The van der Waals surface area contributed by atoms with Gasteiger partial charge in [0.25, 0.3) is 15.9 Å². The largest absolute Gasteiger partial charge is 0.496 e. The van der Waals surface area contributed by atoms with Crippen molar-refractivity contribution in [3.63, 3.8) is 0 Å². The Balaban J connectivity index is 1.54. The number of ether oxygens (including phenoxy) is 2. The number of carbonyl (C=O) groups excluding carboxylic acids is 2. The third-order valence-electron chi connectivity index (χ3n) is 4.86. The van der Waals surface area contributed by atoms with Gasteiger partial charge in [-0.2, -0.15) is 0 Å². The summed E-state index contributed by atoms with van der Waals surface area (Å²) in [4.78, 5) is 24.4. The Morgan fingerprint density at radius 1 is 1.19 bits per heavy atom. The van der Waals surface area contributed by atoms with Gasteiger partial charge in [0.05, 0.1) is 17.7 Å². The van der Waals surface area contributed by atoms with E-state index in [0.29, 0.717) is 18.7 Å². The normalized spacial score (nSPS) is 12.8. The van der Waals surface area contributed by atoms with E-state index < -0.39 is 28.5 Å². The number of rotatable bonds is 7. The number of esters is 1. The van der Waals surface area contributed by atoms with Crippen LogP contribution in [-0.2, 0) is 26.0 Å².